The van der Waals surface area contributed by atoms with Gasteiger partial charge < -0.3 is 10.1 Å². The molecule has 0 spiro atoms. The first-order chi connectivity index (χ1) is 9.20. The van der Waals surface area contributed by atoms with Crippen LogP contribution >= 0.6 is 0 Å². The number of halogens is 1. The molecule has 0 amide bonds. The zero-order chi connectivity index (χ0) is 13.7. The highest BCUT2D eigenvalue weighted by Gasteiger charge is 2.15. The molecule has 1 aromatic carbocycles. The molecule has 2 rings (SSSR count). The molecule has 4 heteroatoms. The lowest BCUT2D eigenvalue weighted by Crippen LogP contribution is -2.20. The van der Waals surface area contributed by atoms with Gasteiger partial charge in [0.15, 0.2) is 0 Å². The Bertz CT molecular complexity index is 442. The Kier molecular flexibility index (Phi) is 4.91. The van der Waals surface area contributed by atoms with Crippen LogP contribution in [-0.4, -0.2) is 19.6 Å². The summed E-state index contributed by atoms with van der Waals surface area (Å²) in [4.78, 5) is 11.3. The zero-order valence-corrected chi connectivity index (χ0v) is 11.2. The number of ether oxygens (including phenoxy) is 1. The van der Waals surface area contributed by atoms with Crippen LogP contribution in [0.25, 0.3) is 0 Å². The molecule has 0 radical (unpaired) electrons. The van der Waals surface area contributed by atoms with Gasteiger partial charge in [0.25, 0.3) is 0 Å². The summed E-state index contributed by atoms with van der Waals surface area (Å²) in [5.41, 5.74) is 0.838. The minimum Gasteiger partial charge on any atom is -0.465 e. The third kappa shape index (κ3) is 3.77. The van der Waals surface area contributed by atoms with Crippen LogP contribution in [0.3, 0.4) is 0 Å². The van der Waals surface area contributed by atoms with Gasteiger partial charge in [-0.15, -0.1) is 0 Å². The normalized spacial score (nSPS) is 15.7. The minimum atomic E-state index is -0.636. The van der Waals surface area contributed by atoms with Crippen LogP contribution < -0.4 is 5.32 Å². The second kappa shape index (κ2) is 6.66. The first-order valence-corrected chi connectivity index (χ1v) is 6.78. The number of nitrogens with one attached hydrogen (secondary N) is 1. The van der Waals surface area contributed by atoms with E-state index >= 15 is 0 Å². The maximum Gasteiger partial charge on any atom is 0.340 e. The number of methoxy groups -OCH3 is 1. The maximum absolute atomic E-state index is 13.7. The molecule has 1 N–H and O–H groups in total. The van der Waals surface area contributed by atoms with Crippen molar-refractivity contribution in [3.05, 3.63) is 35.1 Å². The number of esters is 1. The Morgan fingerprint density at radius 1 is 1.42 bits per heavy atom. The third-order valence-corrected chi connectivity index (χ3v) is 3.68. The van der Waals surface area contributed by atoms with Gasteiger partial charge >= 0.3 is 5.97 Å². The highest BCUT2D eigenvalue weighted by Crippen LogP contribution is 2.23. The Labute approximate surface area is 113 Å². The number of carbonyl (C=O) groups excluding carboxylic acids is 1. The van der Waals surface area contributed by atoms with E-state index in [1.807, 2.05) is 0 Å². The Morgan fingerprint density at radius 2 is 2.16 bits per heavy atom. The fourth-order valence-corrected chi connectivity index (χ4v) is 2.58. The summed E-state index contributed by atoms with van der Waals surface area (Å²) in [5.74, 6) is -0.394. The molecule has 0 aromatic heterocycles. The number of rotatable bonds is 5. The molecular formula is C15H20FNO2. The van der Waals surface area contributed by atoms with E-state index in [0.717, 1.165) is 18.0 Å². The van der Waals surface area contributed by atoms with Gasteiger partial charge in [0.1, 0.15) is 5.82 Å². The molecule has 1 aromatic rings. The standard InChI is InChI=1S/C15H20FNO2/c1-19-15(18)13-7-6-12(8-14(13)16)10-17-9-11-4-2-3-5-11/h6-8,11,17H,2-5,9-10H2,1H3. The molecule has 1 saturated carbocycles. The number of carbonyl (C=O) groups is 1. The molecule has 1 aliphatic rings. The van der Waals surface area contributed by atoms with Gasteiger partial charge in [0, 0.05) is 6.54 Å². The van der Waals surface area contributed by atoms with Crippen LogP contribution in [0.2, 0.25) is 0 Å². The lowest BCUT2D eigenvalue weighted by molar-refractivity contribution is 0.0595. The average Bonchev–Trinajstić information content (AvgIpc) is 2.91. The molecule has 0 bridgehead atoms. The predicted molar refractivity (Wildman–Crippen MR) is 71.4 cm³/mol. The van der Waals surface area contributed by atoms with E-state index in [9.17, 15) is 9.18 Å². The van der Waals surface area contributed by atoms with Crippen molar-refractivity contribution < 1.29 is 13.9 Å². The largest absolute Gasteiger partial charge is 0.465 e. The fourth-order valence-electron chi connectivity index (χ4n) is 2.58. The van der Waals surface area contributed by atoms with Crippen molar-refractivity contribution in [2.24, 2.45) is 5.92 Å². The molecule has 1 fully saturated rings. The highest BCUT2D eigenvalue weighted by atomic mass is 19.1. The van der Waals surface area contributed by atoms with Crippen LogP contribution in [0.5, 0.6) is 0 Å². The molecule has 19 heavy (non-hydrogen) atoms. The first-order valence-electron chi connectivity index (χ1n) is 6.78. The number of benzene rings is 1. The SMILES string of the molecule is COC(=O)c1ccc(CNCC2CCCC2)cc1F. The fraction of sp³-hybridized carbons (Fsp3) is 0.533. The van der Waals surface area contributed by atoms with Gasteiger partial charge in [-0.25, -0.2) is 9.18 Å². The van der Waals surface area contributed by atoms with Crippen molar-refractivity contribution in [3.63, 3.8) is 0 Å². The molecule has 0 heterocycles. The van der Waals surface area contributed by atoms with Crippen molar-refractivity contribution in [1.29, 1.82) is 0 Å². The van der Waals surface area contributed by atoms with Crippen LogP contribution in [0.15, 0.2) is 18.2 Å². The Balaban J connectivity index is 1.87. The van der Waals surface area contributed by atoms with Crippen molar-refractivity contribution in [1.82, 2.24) is 5.32 Å². The molecule has 0 unspecified atom stereocenters. The molecule has 0 atom stereocenters. The molecule has 0 aliphatic heterocycles. The summed E-state index contributed by atoms with van der Waals surface area (Å²) < 4.78 is 18.2. The van der Waals surface area contributed by atoms with E-state index in [1.165, 1.54) is 44.9 Å². The maximum atomic E-state index is 13.7. The van der Waals surface area contributed by atoms with Crippen LogP contribution in [-0.2, 0) is 11.3 Å². The van der Waals surface area contributed by atoms with Crippen LogP contribution in [0, 0.1) is 11.7 Å². The van der Waals surface area contributed by atoms with E-state index in [1.54, 1.807) is 6.07 Å². The quantitative estimate of drug-likeness (QED) is 0.832. The lowest BCUT2D eigenvalue weighted by atomic mass is 10.1. The Morgan fingerprint density at radius 3 is 2.79 bits per heavy atom. The topological polar surface area (TPSA) is 38.3 Å². The van der Waals surface area contributed by atoms with Crippen molar-refractivity contribution in [3.8, 4) is 0 Å². The molecule has 0 saturated heterocycles. The average molecular weight is 265 g/mol. The van der Waals surface area contributed by atoms with Gasteiger partial charge in [-0.05, 0) is 43.0 Å². The highest BCUT2D eigenvalue weighted by molar-refractivity contribution is 5.89. The van der Waals surface area contributed by atoms with Gasteiger partial charge in [-0.1, -0.05) is 18.9 Å². The van der Waals surface area contributed by atoms with Gasteiger partial charge in [0.05, 0.1) is 12.7 Å². The smallest absolute Gasteiger partial charge is 0.340 e. The number of hydrogen-bond donors (Lipinski definition) is 1. The van der Waals surface area contributed by atoms with E-state index in [0.29, 0.717) is 6.54 Å². The molecule has 1 aliphatic carbocycles. The van der Waals surface area contributed by atoms with Gasteiger partial charge in [-0.2, -0.15) is 0 Å². The van der Waals surface area contributed by atoms with Crippen molar-refractivity contribution in [2.45, 2.75) is 32.2 Å². The lowest BCUT2D eigenvalue weighted by Gasteiger charge is -2.11. The van der Waals surface area contributed by atoms with Gasteiger partial charge in [-0.3, -0.25) is 0 Å². The van der Waals surface area contributed by atoms with Crippen molar-refractivity contribution >= 4 is 5.97 Å². The van der Waals surface area contributed by atoms with Gasteiger partial charge in [0.2, 0.25) is 0 Å². The summed E-state index contributed by atoms with van der Waals surface area (Å²) in [6, 6.07) is 4.64. The summed E-state index contributed by atoms with van der Waals surface area (Å²) in [6.07, 6.45) is 5.24. The van der Waals surface area contributed by atoms with Crippen LogP contribution in [0.1, 0.15) is 41.6 Å². The molecule has 104 valence electrons. The summed E-state index contributed by atoms with van der Waals surface area (Å²) in [6.45, 7) is 1.62. The van der Waals surface area contributed by atoms with E-state index in [4.69, 9.17) is 0 Å². The molecule has 3 nitrogen and oxygen atoms in total. The summed E-state index contributed by atoms with van der Waals surface area (Å²) in [5, 5.41) is 3.35. The second-order valence-electron chi connectivity index (χ2n) is 5.09. The van der Waals surface area contributed by atoms with E-state index in [-0.39, 0.29) is 5.56 Å². The first kappa shape index (κ1) is 14.0. The predicted octanol–water partition coefficient (Wildman–Crippen LogP) is 2.89. The summed E-state index contributed by atoms with van der Waals surface area (Å²) in [7, 11) is 1.25. The number of hydrogen-bond acceptors (Lipinski definition) is 3. The van der Waals surface area contributed by atoms with E-state index < -0.39 is 11.8 Å². The second-order valence-corrected chi connectivity index (χ2v) is 5.09. The zero-order valence-electron chi connectivity index (χ0n) is 11.2. The summed E-state index contributed by atoms with van der Waals surface area (Å²) >= 11 is 0. The van der Waals surface area contributed by atoms with E-state index in [2.05, 4.69) is 10.1 Å². The Hall–Kier alpha value is -1.42. The minimum absolute atomic E-state index is 0.0120. The van der Waals surface area contributed by atoms with Crippen molar-refractivity contribution in [2.75, 3.05) is 13.7 Å². The van der Waals surface area contributed by atoms with Crippen LogP contribution in [0.4, 0.5) is 4.39 Å². The third-order valence-electron chi connectivity index (χ3n) is 3.68. The monoisotopic (exact) mass is 265 g/mol. The molecular weight excluding hydrogens is 245 g/mol.